The number of aromatic amines is 1. The van der Waals surface area contributed by atoms with Crippen molar-refractivity contribution in [2.24, 2.45) is 0 Å². The van der Waals surface area contributed by atoms with Gasteiger partial charge in [-0.05, 0) is 31.5 Å². The van der Waals surface area contributed by atoms with Crippen LogP contribution >= 0.6 is 0 Å². The molecule has 1 aromatic carbocycles. The summed E-state index contributed by atoms with van der Waals surface area (Å²) in [6.45, 7) is 7.73. The van der Waals surface area contributed by atoms with Crippen LogP contribution in [0.25, 0.3) is 11.0 Å². The smallest absolute Gasteiger partial charge is 0.135 e. The average molecular weight is 206 g/mol. The quantitative estimate of drug-likeness (QED) is 0.753. The molecule has 82 valence electrons. The Morgan fingerprint density at radius 2 is 2.00 bits per heavy atom. The van der Waals surface area contributed by atoms with Crippen molar-refractivity contribution in [1.29, 1.82) is 0 Å². The lowest BCUT2D eigenvalue weighted by Gasteiger charge is -1.95. The Hall–Kier alpha value is -1.35. The van der Waals surface area contributed by atoms with E-state index in [1.807, 2.05) is 39.0 Å². The fraction of sp³-hybridized carbons (Fsp3) is 0.417. The van der Waals surface area contributed by atoms with E-state index in [2.05, 4.69) is 9.97 Å². The molecule has 1 heterocycles. The third-order valence-corrected chi connectivity index (χ3v) is 2.05. The number of rotatable bonds is 1. The van der Waals surface area contributed by atoms with Crippen molar-refractivity contribution in [3.05, 3.63) is 29.6 Å². The fourth-order valence-electron chi connectivity index (χ4n) is 1.34. The summed E-state index contributed by atoms with van der Waals surface area (Å²) in [5.41, 5.74) is 3.07. The van der Waals surface area contributed by atoms with Crippen LogP contribution in [0.15, 0.2) is 18.2 Å². The van der Waals surface area contributed by atoms with Crippen molar-refractivity contribution < 1.29 is 5.11 Å². The number of aromatic nitrogens is 2. The Kier molecular flexibility index (Phi) is 3.86. The van der Waals surface area contributed by atoms with E-state index >= 15 is 0 Å². The van der Waals surface area contributed by atoms with E-state index < -0.39 is 6.10 Å². The molecule has 0 aliphatic carbocycles. The minimum atomic E-state index is -0.535. The van der Waals surface area contributed by atoms with Crippen LogP contribution in [0, 0.1) is 6.92 Å². The van der Waals surface area contributed by atoms with Crippen molar-refractivity contribution in [2.75, 3.05) is 0 Å². The number of hydrogen-bond acceptors (Lipinski definition) is 2. The van der Waals surface area contributed by atoms with Crippen molar-refractivity contribution in [3.8, 4) is 0 Å². The zero-order valence-electron chi connectivity index (χ0n) is 9.70. The van der Waals surface area contributed by atoms with Gasteiger partial charge in [0.05, 0.1) is 11.0 Å². The van der Waals surface area contributed by atoms with Gasteiger partial charge in [0.1, 0.15) is 11.9 Å². The van der Waals surface area contributed by atoms with E-state index in [0.29, 0.717) is 5.82 Å². The van der Waals surface area contributed by atoms with E-state index in [0.717, 1.165) is 11.0 Å². The number of nitrogens with one attached hydrogen (secondary N) is 1. The number of nitrogens with zero attached hydrogens (tertiary/aromatic N) is 1. The molecule has 0 spiro atoms. The first-order valence-corrected chi connectivity index (χ1v) is 5.31. The number of H-pyrrole nitrogens is 1. The van der Waals surface area contributed by atoms with Crippen LogP contribution in [-0.4, -0.2) is 15.1 Å². The fourth-order valence-corrected chi connectivity index (χ4v) is 1.34. The highest BCUT2D eigenvalue weighted by molar-refractivity contribution is 5.75. The first kappa shape index (κ1) is 11.7. The number of imidazole rings is 1. The maximum absolute atomic E-state index is 9.30. The van der Waals surface area contributed by atoms with E-state index in [9.17, 15) is 5.11 Å². The number of aryl methyl sites for hydroxylation is 1. The summed E-state index contributed by atoms with van der Waals surface area (Å²) >= 11 is 0. The normalized spacial score (nSPS) is 12.1. The highest BCUT2D eigenvalue weighted by Gasteiger charge is 2.06. The van der Waals surface area contributed by atoms with Gasteiger partial charge >= 0.3 is 0 Å². The third kappa shape index (κ3) is 2.57. The van der Waals surface area contributed by atoms with Gasteiger partial charge in [0, 0.05) is 0 Å². The molecule has 0 aliphatic heterocycles. The molecule has 0 amide bonds. The molecular formula is C12H18N2O. The SMILES string of the molecule is CC.Cc1ccc2nc(C(C)O)[nH]c2c1. The van der Waals surface area contributed by atoms with Gasteiger partial charge in [0.2, 0.25) is 0 Å². The molecule has 1 aromatic heterocycles. The molecule has 3 nitrogen and oxygen atoms in total. The topological polar surface area (TPSA) is 48.9 Å². The Bertz CT molecular complexity index is 432. The van der Waals surface area contributed by atoms with E-state index in [1.165, 1.54) is 5.56 Å². The molecule has 2 rings (SSSR count). The third-order valence-electron chi connectivity index (χ3n) is 2.05. The molecule has 3 heteroatoms. The highest BCUT2D eigenvalue weighted by atomic mass is 16.3. The van der Waals surface area contributed by atoms with Gasteiger partial charge in [-0.15, -0.1) is 0 Å². The lowest BCUT2D eigenvalue weighted by atomic mass is 10.2. The zero-order valence-corrected chi connectivity index (χ0v) is 9.70. The molecule has 1 unspecified atom stereocenters. The Morgan fingerprint density at radius 1 is 1.33 bits per heavy atom. The van der Waals surface area contributed by atoms with E-state index in [-0.39, 0.29) is 0 Å². The molecular weight excluding hydrogens is 188 g/mol. The van der Waals surface area contributed by atoms with Gasteiger partial charge < -0.3 is 10.1 Å². The molecule has 0 fully saturated rings. The predicted molar refractivity (Wildman–Crippen MR) is 62.8 cm³/mol. The van der Waals surface area contributed by atoms with Crippen molar-refractivity contribution >= 4 is 11.0 Å². The van der Waals surface area contributed by atoms with Gasteiger partial charge in [0.25, 0.3) is 0 Å². The summed E-state index contributed by atoms with van der Waals surface area (Å²) in [5, 5.41) is 9.30. The van der Waals surface area contributed by atoms with Crippen LogP contribution < -0.4 is 0 Å². The van der Waals surface area contributed by atoms with Gasteiger partial charge in [-0.1, -0.05) is 19.9 Å². The maximum Gasteiger partial charge on any atom is 0.135 e. The number of aliphatic hydroxyl groups excluding tert-OH is 1. The molecule has 15 heavy (non-hydrogen) atoms. The largest absolute Gasteiger partial charge is 0.385 e. The molecule has 0 radical (unpaired) electrons. The number of fused-ring (bicyclic) bond motifs is 1. The lowest BCUT2D eigenvalue weighted by molar-refractivity contribution is 0.190. The molecule has 0 saturated carbocycles. The molecule has 1 atom stereocenters. The molecule has 0 aliphatic rings. The number of benzene rings is 1. The summed E-state index contributed by atoms with van der Waals surface area (Å²) < 4.78 is 0. The predicted octanol–water partition coefficient (Wildman–Crippen LogP) is 2.95. The Morgan fingerprint density at radius 3 is 2.60 bits per heavy atom. The second kappa shape index (κ2) is 4.94. The minimum absolute atomic E-state index is 0.535. The summed E-state index contributed by atoms with van der Waals surface area (Å²) in [6.07, 6.45) is -0.535. The van der Waals surface area contributed by atoms with Gasteiger partial charge in [0.15, 0.2) is 0 Å². The van der Waals surface area contributed by atoms with Crippen molar-refractivity contribution in [3.63, 3.8) is 0 Å². The van der Waals surface area contributed by atoms with Crippen LogP contribution in [0.4, 0.5) is 0 Å². The first-order chi connectivity index (χ1) is 7.16. The Balaban J connectivity index is 0.000000531. The van der Waals surface area contributed by atoms with Crippen LogP contribution in [0.3, 0.4) is 0 Å². The molecule has 0 bridgehead atoms. The van der Waals surface area contributed by atoms with Crippen LogP contribution in [0.5, 0.6) is 0 Å². The van der Waals surface area contributed by atoms with Crippen LogP contribution in [-0.2, 0) is 0 Å². The number of aliphatic hydroxyl groups is 1. The van der Waals surface area contributed by atoms with Crippen molar-refractivity contribution in [2.45, 2.75) is 33.8 Å². The molecule has 2 N–H and O–H groups in total. The number of hydrogen-bond donors (Lipinski definition) is 2. The maximum atomic E-state index is 9.30. The summed E-state index contributed by atoms with van der Waals surface area (Å²) in [7, 11) is 0. The second-order valence-electron chi connectivity index (χ2n) is 3.32. The average Bonchev–Trinajstić information content (AvgIpc) is 2.63. The first-order valence-electron chi connectivity index (χ1n) is 5.31. The lowest BCUT2D eigenvalue weighted by Crippen LogP contribution is -1.92. The monoisotopic (exact) mass is 206 g/mol. The molecule has 2 aromatic rings. The summed E-state index contributed by atoms with van der Waals surface area (Å²) in [4.78, 5) is 7.32. The highest BCUT2D eigenvalue weighted by Crippen LogP contribution is 2.16. The van der Waals surface area contributed by atoms with E-state index in [1.54, 1.807) is 6.92 Å². The van der Waals surface area contributed by atoms with Gasteiger partial charge in [-0.25, -0.2) is 4.98 Å². The second-order valence-corrected chi connectivity index (χ2v) is 3.32. The van der Waals surface area contributed by atoms with Gasteiger partial charge in [-0.3, -0.25) is 0 Å². The van der Waals surface area contributed by atoms with Crippen molar-refractivity contribution in [1.82, 2.24) is 9.97 Å². The minimum Gasteiger partial charge on any atom is -0.385 e. The molecule has 0 saturated heterocycles. The van der Waals surface area contributed by atoms with Crippen LogP contribution in [0.2, 0.25) is 0 Å². The standard InChI is InChI=1S/C10H12N2O.C2H6/c1-6-3-4-8-9(5-6)12-10(11-8)7(2)13;1-2/h3-5,7,13H,1-2H3,(H,11,12);1-2H3. The zero-order chi connectivity index (χ0) is 11.4. The summed E-state index contributed by atoms with van der Waals surface area (Å²) in [6, 6.07) is 5.98. The van der Waals surface area contributed by atoms with E-state index in [4.69, 9.17) is 0 Å². The van der Waals surface area contributed by atoms with Crippen LogP contribution in [0.1, 0.15) is 38.3 Å². The summed E-state index contributed by atoms with van der Waals surface area (Å²) in [5.74, 6) is 0.626. The van der Waals surface area contributed by atoms with Gasteiger partial charge in [-0.2, -0.15) is 0 Å². The Labute approximate surface area is 90.2 Å².